The first-order valence-corrected chi connectivity index (χ1v) is 7.14. The highest BCUT2D eigenvalue weighted by molar-refractivity contribution is 5.90. The molecule has 0 saturated carbocycles. The summed E-state index contributed by atoms with van der Waals surface area (Å²) in [5.41, 5.74) is -0.685. The summed E-state index contributed by atoms with van der Waals surface area (Å²) in [6.07, 6.45) is -7.81. The number of aliphatic hydroxyl groups is 4. The summed E-state index contributed by atoms with van der Waals surface area (Å²) in [4.78, 5) is 21.8. The van der Waals surface area contributed by atoms with E-state index in [0.29, 0.717) is 0 Å². The van der Waals surface area contributed by atoms with E-state index >= 15 is 0 Å². The fourth-order valence-electron chi connectivity index (χ4n) is 2.29. The van der Waals surface area contributed by atoms with E-state index in [0.717, 1.165) is 19.2 Å². The Morgan fingerprint density at radius 3 is 2.52 bits per heavy atom. The highest BCUT2D eigenvalue weighted by atomic mass is 16.7. The largest absolute Gasteiger partial charge is 0.465 e. The molecule has 0 unspecified atom stereocenters. The van der Waals surface area contributed by atoms with Gasteiger partial charge in [-0.1, -0.05) is 0 Å². The van der Waals surface area contributed by atoms with Crippen molar-refractivity contribution in [3.8, 4) is 5.75 Å². The van der Waals surface area contributed by atoms with Gasteiger partial charge in [0.1, 0.15) is 24.4 Å². The zero-order valence-electron chi connectivity index (χ0n) is 13.0. The topological polar surface area (TPSA) is 169 Å². The maximum atomic E-state index is 11.5. The fraction of sp³-hybridized carbons (Fsp3) is 0.500. The zero-order valence-corrected chi connectivity index (χ0v) is 13.0. The molecule has 0 radical (unpaired) electrons. The van der Waals surface area contributed by atoms with Crippen molar-refractivity contribution in [2.45, 2.75) is 30.7 Å². The molecule has 4 N–H and O–H groups in total. The number of hydrogen-bond acceptors (Lipinski definition) is 10. The van der Waals surface area contributed by atoms with E-state index in [4.69, 9.17) is 14.6 Å². The summed E-state index contributed by atoms with van der Waals surface area (Å²) in [5, 5.41) is 49.6. The lowest BCUT2D eigenvalue weighted by Crippen LogP contribution is -2.60. The molecule has 1 fully saturated rings. The number of benzene rings is 1. The summed E-state index contributed by atoms with van der Waals surface area (Å²) >= 11 is 0. The minimum atomic E-state index is -1.72. The third-order valence-electron chi connectivity index (χ3n) is 3.67. The van der Waals surface area contributed by atoms with Crippen LogP contribution in [-0.4, -0.2) is 75.7 Å². The number of nitro benzene ring substituents is 1. The number of nitrogens with zero attached hydrogens (tertiary/aromatic N) is 1. The molecule has 2 rings (SSSR count). The molecule has 1 aromatic carbocycles. The first kappa shape index (κ1) is 19.0. The second kappa shape index (κ2) is 7.72. The van der Waals surface area contributed by atoms with Crippen molar-refractivity contribution in [2.75, 3.05) is 13.7 Å². The predicted molar refractivity (Wildman–Crippen MR) is 78.8 cm³/mol. The molecule has 1 saturated heterocycles. The Hall–Kier alpha value is -2.31. The monoisotopic (exact) mass is 359 g/mol. The van der Waals surface area contributed by atoms with Gasteiger partial charge in [0.25, 0.3) is 0 Å². The first-order valence-electron chi connectivity index (χ1n) is 7.14. The number of nitro groups is 1. The van der Waals surface area contributed by atoms with Crippen LogP contribution in [0.15, 0.2) is 18.2 Å². The molecule has 0 aromatic heterocycles. The summed E-state index contributed by atoms with van der Waals surface area (Å²) < 4.78 is 14.8. The fourth-order valence-corrected chi connectivity index (χ4v) is 2.29. The average molecular weight is 359 g/mol. The van der Waals surface area contributed by atoms with Gasteiger partial charge in [0.15, 0.2) is 5.75 Å². The van der Waals surface area contributed by atoms with Crippen molar-refractivity contribution < 1.29 is 44.4 Å². The molecule has 25 heavy (non-hydrogen) atoms. The SMILES string of the molecule is COC(=O)c1ccc(O[C@@H]2O[C@H](CO)[C@H](O)[C@H](O)[C@H]2O)c([N+](=O)[O-])c1. The molecule has 0 amide bonds. The first-order chi connectivity index (χ1) is 11.8. The Kier molecular flexibility index (Phi) is 5.87. The molecular weight excluding hydrogens is 342 g/mol. The number of rotatable bonds is 5. The Labute approximate surface area is 141 Å². The van der Waals surface area contributed by atoms with Crippen LogP contribution in [0.25, 0.3) is 0 Å². The van der Waals surface area contributed by atoms with Crippen LogP contribution in [0.4, 0.5) is 5.69 Å². The molecule has 0 spiro atoms. The molecule has 5 atom stereocenters. The molecule has 0 aliphatic carbocycles. The van der Waals surface area contributed by atoms with E-state index in [2.05, 4.69) is 4.74 Å². The number of ether oxygens (including phenoxy) is 3. The lowest BCUT2D eigenvalue weighted by atomic mass is 9.99. The van der Waals surface area contributed by atoms with Crippen molar-refractivity contribution in [1.29, 1.82) is 0 Å². The lowest BCUT2D eigenvalue weighted by molar-refractivity contribution is -0.387. The third kappa shape index (κ3) is 3.86. The summed E-state index contributed by atoms with van der Waals surface area (Å²) in [6, 6.07) is 3.23. The highest BCUT2D eigenvalue weighted by Crippen LogP contribution is 2.32. The van der Waals surface area contributed by atoms with Crippen LogP contribution < -0.4 is 4.74 Å². The van der Waals surface area contributed by atoms with Gasteiger partial charge in [0.2, 0.25) is 6.29 Å². The number of esters is 1. The molecule has 138 valence electrons. The van der Waals surface area contributed by atoms with Crippen LogP contribution in [0.3, 0.4) is 0 Å². The highest BCUT2D eigenvalue weighted by Gasteiger charge is 2.45. The third-order valence-corrected chi connectivity index (χ3v) is 3.67. The van der Waals surface area contributed by atoms with Gasteiger partial charge in [0.05, 0.1) is 24.2 Å². The van der Waals surface area contributed by atoms with Crippen molar-refractivity contribution in [1.82, 2.24) is 0 Å². The van der Waals surface area contributed by atoms with Crippen LogP contribution in [0.2, 0.25) is 0 Å². The zero-order chi connectivity index (χ0) is 18.7. The Morgan fingerprint density at radius 1 is 1.28 bits per heavy atom. The lowest BCUT2D eigenvalue weighted by Gasteiger charge is -2.39. The van der Waals surface area contributed by atoms with Gasteiger partial charge in [-0.2, -0.15) is 0 Å². The summed E-state index contributed by atoms with van der Waals surface area (Å²) in [7, 11) is 1.12. The van der Waals surface area contributed by atoms with Gasteiger partial charge < -0.3 is 34.6 Å². The van der Waals surface area contributed by atoms with E-state index in [1.807, 2.05) is 0 Å². The van der Waals surface area contributed by atoms with Gasteiger partial charge in [-0.05, 0) is 12.1 Å². The van der Waals surface area contributed by atoms with Crippen LogP contribution in [0.5, 0.6) is 5.75 Å². The van der Waals surface area contributed by atoms with Crippen LogP contribution in [0.1, 0.15) is 10.4 Å². The van der Waals surface area contributed by atoms with Gasteiger partial charge in [-0.25, -0.2) is 4.79 Å². The number of aliphatic hydroxyl groups excluding tert-OH is 4. The van der Waals surface area contributed by atoms with Gasteiger partial charge in [0, 0.05) is 6.07 Å². The van der Waals surface area contributed by atoms with E-state index in [1.54, 1.807) is 0 Å². The number of carbonyl (C=O) groups excluding carboxylic acids is 1. The van der Waals surface area contributed by atoms with Crippen LogP contribution >= 0.6 is 0 Å². The van der Waals surface area contributed by atoms with Gasteiger partial charge >= 0.3 is 11.7 Å². The molecule has 1 aliphatic heterocycles. The molecule has 11 heteroatoms. The summed E-state index contributed by atoms with van der Waals surface area (Å²) in [5.74, 6) is -1.13. The van der Waals surface area contributed by atoms with Gasteiger partial charge in [-0.3, -0.25) is 10.1 Å². The smallest absolute Gasteiger partial charge is 0.338 e. The van der Waals surface area contributed by atoms with Crippen molar-refractivity contribution in [2.24, 2.45) is 0 Å². The standard InChI is InChI=1S/C14H17NO10/c1-23-13(20)6-2-3-8(7(4-6)15(21)22)24-14-12(19)11(18)10(17)9(5-16)25-14/h2-4,9-12,14,16-19H,5H2,1H3/t9-,10+,11+,12-,14-/m1/s1. The van der Waals surface area contributed by atoms with Crippen molar-refractivity contribution >= 4 is 11.7 Å². The summed E-state index contributed by atoms with van der Waals surface area (Å²) in [6.45, 7) is -0.672. The van der Waals surface area contributed by atoms with E-state index in [1.165, 1.54) is 6.07 Å². The van der Waals surface area contributed by atoms with E-state index in [-0.39, 0.29) is 11.3 Å². The Morgan fingerprint density at radius 2 is 1.96 bits per heavy atom. The predicted octanol–water partition coefficient (Wildman–Crippen LogP) is -1.44. The van der Waals surface area contributed by atoms with E-state index in [9.17, 15) is 30.2 Å². The van der Waals surface area contributed by atoms with Crippen LogP contribution in [0, 0.1) is 10.1 Å². The molecule has 1 aliphatic rings. The number of hydrogen-bond donors (Lipinski definition) is 4. The maximum Gasteiger partial charge on any atom is 0.338 e. The quantitative estimate of drug-likeness (QED) is 0.277. The Bertz CT molecular complexity index is 648. The van der Waals surface area contributed by atoms with Crippen molar-refractivity contribution in [3.63, 3.8) is 0 Å². The molecular formula is C14H17NO10. The second-order valence-electron chi connectivity index (χ2n) is 5.25. The molecule has 0 bridgehead atoms. The van der Waals surface area contributed by atoms with E-state index < -0.39 is 53.9 Å². The normalized spacial score (nSPS) is 29.1. The molecule has 1 heterocycles. The van der Waals surface area contributed by atoms with Crippen molar-refractivity contribution in [3.05, 3.63) is 33.9 Å². The molecule has 11 nitrogen and oxygen atoms in total. The Balaban J connectivity index is 2.29. The molecule has 1 aromatic rings. The minimum absolute atomic E-state index is 0.0876. The average Bonchev–Trinajstić information content (AvgIpc) is 2.61. The maximum absolute atomic E-state index is 11.5. The number of methoxy groups -OCH3 is 1. The second-order valence-corrected chi connectivity index (χ2v) is 5.25. The van der Waals surface area contributed by atoms with Crippen LogP contribution in [-0.2, 0) is 9.47 Å². The minimum Gasteiger partial charge on any atom is -0.465 e. The van der Waals surface area contributed by atoms with Gasteiger partial charge in [-0.15, -0.1) is 0 Å². The number of carbonyl (C=O) groups is 1.